The summed E-state index contributed by atoms with van der Waals surface area (Å²) in [5.41, 5.74) is 2.89. The summed E-state index contributed by atoms with van der Waals surface area (Å²) >= 11 is 0. The predicted molar refractivity (Wildman–Crippen MR) is 83.3 cm³/mol. The minimum atomic E-state index is 0.0229. The van der Waals surface area contributed by atoms with Crippen molar-refractivity contribution >= 4 is 11.6 Å². The highest BCUT2D eigenvalue weighted by Gasteiger charge is 2.19. The van der Waals surface area contributed by atoms with E-state index in [2.05, 4.69) is 22.6 Å². The number of hydrogen-bond acceptors (Lipinski definition) is 3. The maximum Gasteiger partial charge on any atom is 0.251 e. The molecular formula is C16H25N3O. The van der Waals surface area contributed by atoms with E-state index in [9.17, 15) is 4.79 Å². The van der Waals surface area contributed by atoms with Gasteiger partial charge in [-0.25, -0.2) is 0 Å². The number of piperidine rings is 1. The van der Waals surface area contributed by atoms with Crippen LogP contribution in [0.5, 0.6) is 0 Å². The molecule has 4 heteroatoms. The number of amides is 1. The minimum absolute atomic E-state index is 0.0229. The summed E-state index contributed by atoms with van der Waals surface area (Å²) in [5, 5.41) is 6.18. The molecule has 0 aliphatic carbocycles. The normalized spacial score (nSPS) is 19.6. The van der Waals surface area contributed by atoms with Crippen molar-refractivity contribution in [3.63, 3.8) is 0 Å². The van der Waals surface area contributed by atoms with Gasteiger partial charge in [-0.05, 0) is 57.1 Å². The second kappa shape index (κ2) is 6.75. The van der Waals surface area contributed by atoms with Gasteiger partial charge in [-0.15, -0.1) is 0 Å². The van der Waals surface area contributed by atoms with Gasteiger partial charge in [0.1, 0.15) is 0 Å². The molecule has 20 heavy (non-hydrogen) atoms. The third-order valence-electron chi connectivity index (χ3n) is 4.18. The monoisotopic (exact) mass is 275 g/mol. The molecule has 0 saturated carbocycles. The zero-order chi connectivity index (χ0) is 14.5. The van der Waals surface area contributed by atoms with Crippen molar-refractivity contribution < 1.29 is 4.79 Å². The van der Waals surface area contributed by atoms with Crippen molar-refractivity contribution in [1.29, 1.82) is 0 Å². The highest BCUT2D eigenvalue weighted by Crippen LogP contribution is 2.16. The largest absolute Gasteiger partial charge is 0.388 e. The third kappa shape index (κ3) is 3.51. The first-order chi connectivity index (χ1) is 9.61. The Kier molecular flexibility index (Phi) is 5.01. The molecule has 2 rings (SSSR count). The average molecular weight is 275 g/mol. The van der Waals surface area contributed by atoms with Crippen LogP contribution in [0.4, 0.5) is 5.69 Å². The van der Waals surface area contributed by atoms with Gasteiger partial charge >= 0.3 is 0 Å². The van der Waals surface area contributed by atoms with Crippen LogP contribution in [0.25, 0.3) is 0 Å². The Morgan fingerprint density at radius 3 is 2.85 bits per heavy atom. The first-order valence-corrected chi connectivity index (χ1v) is 7.38. The molecule has 1 aliphatic rings. The average Bonchev–Trinajstić information content (AvgIpc) is 2.46. The lowest BCUT2D eigenvalue weighted by Crippen LogP contribution is -2.44. The lowest BCUT2D eigenvalue weighted by atomic mass is 10.0. The summed E-state index contributed by atoms with van der Waals surface area (Å²) in [6.45, 7) is 3.89. The highest BCUT2D eigenvalue weighted by atomic mass is 16.1. The second-order valence-corrected chi connectivity index (χ2v) is 5.62. The van der Waals surface area contributed by atoms with E-state index in [1.807, 2.05) is 32.2 Å². The van der Waals surface area contributed by atoms with Crippen LogP contribution >= 0.6 is 0 Å². The molecular weight excluding hydrogens is 250 g/mol. The van der Waals surface area contributed by atoms with Crippen molar-refractivity contribution in [2.45, 2.75) is 32.2 Å². The molecule has 1 fully saturated rings. The molecule has 1 aromatic carbocycles. The fourth-order valence-corrected chi connectivity index (χ4v) is 2.80. The van der Waals surface area contributed by atoms with Gasteiger partial charge in [0.2, 0.25) is 0 Å². The number of rotatable bonds is 4. The maximum absolute atomic E-state index is 12.2. The quantitative estimate of drug-likeness (QED) is 0.886. The van der Waals surface area contributed by atoms with E-state index in [1.165, 1.54) is 19.3 Å². The molecule has 0 radical (unpaired) electrons. The molecule has 110 valence electrons. The molecule has 1 atom stereocenters. The number of nitrogens with zero attached hydrogens (tertiary/aromatic N) is 1. The first-order valence-electron chi connectivity index (χ1n) is 7.38. The molecule has 0 spiro atoms. The number of carbonyl (C=O) groups excluding carboxylic acids is 1. The molecule has 4 nitrogen and oxygen atoms in total. The summed E-state index contributed by atoms with van der Waals surface area (Å²) in [5.74, 6) is 0.0229. The summed E-state index contributed by atoms with van der Waals surface area (Å²) in [6, 6.07) is 6.24. The van der Waals surface area contributed by atoms with Gasteiger partial charge in [0.15, 0.2) is 0 Å². The van der Waals surface area contributed by atoms with Gasteiger partial charge in [0.25, 0.3) is 5.91 Å². The molecule has 1 amide bonds. The fraction of sp³-hybridized carbons (Fsp3) is 0.562. The van der Waals surface area contributed by atoms with Crippen LogP contribution in [-0.4, -0.2) is 44.0 Å². The van der Waals surface area contributed by atoms with Crippen LogP contribution in [0.1, 0.15) is 35.2 Å². The number of likely N-dealkylation sites (N-methyl/N-ethyl adjacent to an activating group) is 1. The molecule has 1 aromatic rings. The summed E-state index contributed by atoms with van der Waals surface area (Å²) < 4.78 is 0. The fourth-order valence-electron chi connectivity index (χ4n) is 2.80. The van der Waals surface area contributed by atoms with Gasteiger partial charge < -0.3 is 15.5 Å². The number of hydrogen-bond donors (Lipinski definition) is 2. The lowest BCUT2D eigenvalue weighted by Gasteiger charge is -2.32. The first kappa shape index (κ1) is 14.9. The summed E-state index contributed by atoms with van der Waals surface area (Å²) in [7, 11) is 4.03. The summed E-state index contributed by atoms with van der Waals surface area (Å²) in [4.78, 5) is 14.5. The Morgan fingerprint density at radius 2 is 2.20 bits per heavy atom. The SMILES string of the molecule is CNc1ccc(C(=O)NCC2CCCCN2C)cc1C. The van der Waals surface area contributed by atoms with Gasteiger partial charge in [-0.3, -0.25) is 4.79 Å². The van der Waals surface area contributed by atoms with Crippen LogP contribution in [0.2, 0.25) is 0 Å². The zero-order valence-corrected chi connectivity index (χ0v) is 12.7. The van der Waals surface area contributed by atoms with Gasteiger partial charge in [-0.1, -0.05) is 6.42 Å². The van der Waals surface area contributed by atoms with Crippen molar-refractivity contribution in [3.8, 4) is 0 Å². The van der Waals surface area contributed by atoms with Gasteiger partial charge in [-0.2, -0.15) is 0 Å². The molecule has 0 aromatic heterocycles. The highest BCUT2D eigenvalue weighted by molar-refractivity contribution is 5.94. The summed E-state index contributed by atoms with van der Waals surface area (Å²) in [6.07, 6.45) is 3.71. The lowest BCUT2D eigenvalue weighted by molar-refractivity contribution is 0.0928. The molecule has 2 N–H and O–H groups in total. The predicted octanol–water partition coefficient (Wildman–Crippen LogP) is 2.25. The third-order valence-corrected chi connectivity index (χ3v) is 4.18. The van der Waals surface area contributed by atoms with Gasteiger partial charge in [0, 0.05) is 30.9 Å². The van der Waals surface area contributed by atoms with Gasteiger partial charge in [0.05, 0.1) is 0 Å². The van der Waals surface area contributed by atoms with Crippen LogP contribution in [-0.2, 0) is 0 Å². The van der Waals surface area contributed by atoms with Crippen LogP contribution in [0.3, 0.4) is 0 Å². The van der Waals surface area contributed by atoms with Crippen molar-refractivity contribution in [2.24, 2.45) is 0 Å². The zero-order valence-electron chi connectivity index (χ0n) is 12.7. The molecule has 1 heterocycles. The number of aryl methyl sites for hydroxylation is 1. The van der Waals surface area contributed by atoms with Crippen LogP contribution in [0.15, 0.2) is 18.2 Å². The standard InChI is InChI=1S/C16H25N3O/c1-12-10-13(7-8-15(12)17-2)16(20)18-11-14-6-4-5-9-19(14)3/h7-8,10,14,17H,4-6,9,11H2,1-3H3,(H,18,20). The molecule has 1 unspecified atom stereocenters. The number of carbonyl (C=O) groups is 1. The van der Waals surface area contributed by atoms with Crippen molar-refractivity contribution in [2.75, 3.05) is 32.5 Å². The van der Waals surface area contributed by atoms with E-state index in [0.29, 0.717) is 6.04 Å². The number of benzene rings is 1. The van der Waals surface area contributed by atoms with E-state index < -0.39 is 0 Å². The minimum Gasteiger partial charge on any atom is -0.388 e. The smallest absolute Gasteiger partial charge is 0.251 e. The molecule has 1 saturated heterocycles. The number of anilines is 1. The Labute approximate surface area is 121 Å². The number of nitrogens with one attached hydrogen (secondary N) is 2. The number of likely N-dealkylation sites (tertiary alicyclic amines) is 1. The van der Waals surface area contributed by atoms with E-state index in [4.69, 9.17) is 0 Å². The van der Waals surface area contributed by atoms with E-state index in [-0.39, 0.29) is 5.91 Å². The van der Waals surface area contributed by atoms with E-state index >= 15 is 0 Å². The Balaban J connectivity index is 1.93. The molecule has 0 bridgehead atoms. The topological polar surface area (TPSA) is 44.4 Å². The molecule has 1 aliphatic heterocycles. The van der Waals surface area contributed by atoms with Crippen molar-refractivity contribution in [3.05, 3.63) is 29.3 Å². The Bertz CT molecular complexity index is 473. The maximum atomic E-state index is 12.2. The van der Waals surface area contributed by atoms with Crippen molar-refractivity contribution in [1.82, 2.24) is 10.2 Å². The second-order valence-electron chi connectivity index (χ2n) is 5.62. The Hall–Kier alpha value is -1.55. The Morgan fingerprint density at radius 1 is 1.40 bits per heavy atom. The van der Waals surface area contributed by atoms with E-state index in [1.54, 1.807) is 0 Å². The van der Waals surface area contributed by atoms with Crippen LogP contribution < -0.4 is 10.6 Å². The van der Waals surface area contributed by atoms with Crippen LogP contribution in [0, 0.1) is 6.92 Å². The van der Waals surface area contributed by atoms with E-state index in [0.717, 1.165) is 29.9 Å².